The molecule has 1 rings (SSSR count). The van der Waals surface area contributed by atoms with Gasteiger partial charge in [-0.25, -0.2) is 21.9 Å². The molecule has 0 atom stereocenters. The number of nitrogen functional groups attached to an aromatic ring is 1. The van der Waals surface area contributed by atoms with Gasteiger partial charge in [0.1, 0.15) is 4.90 Å². The van der Waals surface area contributed by atoms with E-state index in [-0.39, 0.29) is 10.6 Å². The molecule has 1 aromatic rings. The molecule has 0 aliphatic heterocycles. The summed E-state index contributed by atoms with van der Waals surface area (Å²) in [5.74, 6) is 0. The van der Waals surface area contributed by atoms with E-state index in [4.69, 9.17) is 5.73 Å². The molecule has 0 saturated heterocycles. The number of nitrogens with two attached hydrogens (primary N) is 1. The zero-order valence-electron chi connectivity index (χ0n) is 7.52. The van der Waals surface area contributed by atoms with Gasteiger partial charge in [0.25, 0.3) is 6.43 Å². The standard InChI is InChI=1S/C7H9F2N3O2S/c8-7(9)4-12-15(13,14)6-3-11-2-1-5(6)10/h1-3,7,12H,4H2,(H2,10,11). The van der Waals surface area contributed by atoms with Crippen LogP contribution in [0.5, 0.6) is 0 Å². The second kappa shape index (κ2) is 4.49. The molecule has 0 saturated carbocycles. The normalized spacial score (nSPS) is 11.9. The first-order valence-corrected chi connectivity index (χ1v) is 5.39. The minimum atomic E-state index is -4.00. The molecule has 5 nitrogen and oxygen atoms in total. The van der Waals surface area contributed by atoms with Crippen molar-refractivity contribution in [2.45, 2.75) is 11.3 Å². The summed E-state index contributed by atoms with van der Waals surface area (Å²) in [5.41, 5.74) is 5.33. The van der Waals surface area contributed by atoms with Gasteiger partial charge in [0.2, 0.25) is 10.0 Å². The van der Waals surface area contributed by atoms with Crippen LogP contribution in [-0.4, -0.2) is 26.4 Å². The Morgan fingerprint density at radius 2 is 2.20 bits per heavy atom. The molecule has 1 heterocycles. The highest BCUT2D eigenvalue weighted by molar-refractivity contribution is 7.89. The average molecular weight is 237 g/mol. The van der Waals surface area contributed by atoms with Crippen molar-refractivity contribution in [1.82, 2.24) is 9.71 Å². The molecule has 0 bridgehead atoms. The van der Waals surface area contributed by atoms with Crippen molar-refractivity contribution < 1.29 is 17.2 Å². The Morgan fingerprint density at radius 1 is 1.53 bits per heavy atom. The van der Waals surface area contributed by atoms with Crippen LogP contribution >= 0.6 is 0 Å². The Bertz CT molecular complexity index is 436. The van der Waals surface area contributed by atoms with Gasteiger partial charge in [-0.2, -0.15) is 0 Å². The molecule has 0 radical (unpaired) electrons. The third-order valence-corrected chi connectivity index (χ3v) is 3.00. The van der Waals surface area contributed by atoms with E-state index in [2.05, 4.69) is 4.98 Å². The lowest BCUT2D eigenvalue weighted by atomic mass is 10.4. The molecule has 0 aliphatic rings. The number of nitrogens with zero attached hydrogens (tertiary/aromatic N) is 1. The van der Waals surface area contributed by atoms with Gasteiger partial charge in [-0.3, -0.25) is 4.98 Å². The highest BCUT2D eigenvalue weighted by Crippen LogP contribution is 2.15. The fourth-order valence-electron chi connectivity index (χ4n) is 0.866. The molecule has 15 heavy (non-hydrogen) atoms. The van der Waals surface area contributed by atoms with Crippen LogP contribution in [-0.2, 0) is 10.0 Å². The molecule has 0 amide bonds. The van der Waals surface area contributed by atoms with Crippen LogP contribution in [0.4, 0.5) is 14.5 Å². The molecular formula is C7H9F2N3O2S. The summed E-state index contributed by atoms with van der Waals surface area (Å²) in [6.07, 6.45) is -0.442. The van der Waals surface area contributed by atoms with Gasteiger partial charge in [0, 0.05) is 12.4 Å². The van der Waals surface area contributed by atoms with Crippen molar-refractivity contribution in [3.8, 4) is 0 Å². The predicted octanol–water partition coefficient (Wildman–Crippen LogP) is 0.207. The number of nitrogens with one attached hydrogen (secondary N) is 1. The first-order chi connectivity index (χ1) is 6.93. The first-order valence-electron chi connectivity index (χ1n) is 3.91. The van der Waals surface area contributed by atoms with Gasteiger partial charge in [0.15, 0.2) is 0 Å². The topological polar surface area (TPSA) is 85.1 Å². The minimum absolute atomic E-state index is 0.0354. The minimum Gasteiger partial charge on any atom is -0.398 e. The molecule has 8 heteroatoms. The van der Waals surface area contributed by atoms with E-state index in [1.54, 1.807) is 4.72 Å². The van der Waals surface area contributed by atoms with Crippen LogP contribution in [0.2, 0.25) is 0 Å². The number of hydrogen-bond acceptors (Lipinski definition) is 4. The Hall–Kier alpha value is -1.28. The SMILES string of the molecule is Nc1ccncc1S(=O)(=O)NCC(F)F. The van der Waals surface area contributed by atoms with Crippen LogP contribution in [0.25, 0.3) is 0 Å². The summed E-state index contributed by atoms with van der Waals surface area (Å²) in [6, 6.07) is 1.27. The summed E-state index contributed by atoms with van der Waals surface area (Å²) in [4.78, 5) is 3.25. The van der Waals surface area contributed by atoms with Gasteiger partial charge < -0.3 is 5.73 Å². The van der Waals surface area contributed by atoms with Crippen molar-refractivity contribution in [2.75, 3.05) is 12.3 Å². The van der Waals surface area contributed by atoms with E-state index in [0.29, 0.717) is 0 Å². The number of anilines is 1. The molecule has 84 valence electrons. The maximum absolute atomic E-state index is 11.8. The van der Waals surface area contributed by atoms with Gasteiger partial charge in [-0.15, -0.1) is 0 Å². The summed E-state index contributed by atoms with van der Waals surface area (Å²) >= 11 is 0. The van der Waals surface area contributed by atoms with E-state index < -0.39 is 23.0 Å². The third kappa shape index (κ3) is 3.10. The Kier molecular flexibility index (Phi) is 3.53. The van der Waals surface area contributed by atoms with E-state index in [0.717, 1.165) is 6.20 Å². The van der Waals surface area contributed by atoms with Crippen LogP contribution in [0.1, 0.15) is 0 Å². The second-order valence-electron chi connectivity index (χ2n) is 2.66. The zero-order chi connectivity index (χ0) is 11.5. The van der Waals surface area contributed by atoms with Crippen molar-refractivity contribution in [1.29, 1.82) is 0 Å². The Labute approximate surface area is 85.4 Å². The summed E-state index contributed by atoms with van der Waals surface area (Å²) in [7, 11) is -4.00. The smallest absolute Gasteiger partial charge is 0.251 e. The van der Waals surface area contributed by atoms with Gasteiger partial charge in [-0.1, -0.05) is 0 Å². The fourth-order valence-corrected chi connectivity index (χ4v) is 1.94. The highest BCUT2D eigenvalue weighted by atomic mass is 32.2. The summed E-state index contributed by atoms with van der Waals surface area (Å²) in [5, 5.41) is 0. The molecule has 0 fully saturated rings. The fraction of sp³-hybridized carbons (Fsp3) is 0.286. The number of hydrogen-bond donors (Lipinski definition) is 2. The predicted molar refractivity (Wildman–Crippen MR) is 49.8 cm³/mol. The Morgan fingerprint density at radius 3 is 2.73 bits per heavy atom. The van der Waals surface area contributed by atoms with E-state index in [9.17, 15) is 17.2 Å². The van der Waals surface area contributed by atoms with Gasteiger partial charge >= 0.3 is 0 Å². The average Bonchev–Trinajstić information content (AvgIpc) is 2.15. The van der Waals surface area contributed by atoms with Crippen LogP contribution in [0.3, 0.4) is 0 Å². The number of aromatic nitrogens is 1. The molecule has 0 unspecified atom stereocenters. The zero-order valence-corrected chi connectivity index (χ0v) is 8.34. The molecule has 0 aromatic carbocycles. The van der Waals surface area contributed by atoms with Crippen molar-refractivity contribution >= 4 is 15.7 Å². The quantitative estimate of drug-likeness (QED) is 0.783. The molecular weight excluding hydrogens is 228 g/mol. The van der Waals surface area contributed by atoms with Gasteiger partial charge in [0.05, 0.1) is 12.2 Å². The van der Waals surface area contributed by atoms with Gasteiger partial charge in [-0.05, 0) is 6.07 Å². The number of sulfonamides is 1. The number of halogens is 2. The lowest BCUT2D eigenvalue weighted by Gasteiger charge is -2.07. The maximum atomic E-state index is 11.8. The largest absolute Gasteiger partial charge is 0.398 e. The number of pyridine rings is 1. The van der Waals surface area contributed by atoms with Crippen molar-refractivity contribution in [3.63, 3.8) is 0 Å². The van der Waals surface area contributed by atoms with Crippen molar-refractivity contribution in [2.24, 2.45) is 0 Å². The van der Waals surface area contributed by atoms with Crippen LogP contribution in [0.15, 0.2) is 23.4 Å². The van der Waals surface area contributed by atoms with E-state index in [1.807, 2.05) is 0 Å². The van der Waals surface area contributed by atoms with Crippen LogP contribution < -0.4 is 10.5 Å². The first kappa shape index (κ1) is 11.8. The second-order valence-corrected chi connectivity index (χ2v) is 4.39. The lowest BCUT2D eigenvalue weighted by molar-refractivity contribution is 0.153. The number of alkyl halides is 2. The number of rotatable bonds is 4. The van der Waals surface area contributed by atoms with E-state index in [1.165, 1.54) is 12.3 Å². The monoisotopic (exact) mass is 237 g/mol. The van der Waals surface area contributed by atoms with Crippen molar-refractivity contribution in [3.05, 3.63) is 18.5 Å². The summed E-state index contributed by atoms with van der Waals surface area (Å²) in [6.45, 7) is -0.948. The van der Waals surface area contributed by atoms with E-state index >= 15 is 0 Å². The Balaban J connectivity index is 2.92. The molecule has 1 aromatic heterocycles. The lowest BCUT2D eigenvalue weighted by Crippen LogP contribution is -2.29. The molecule has 3 N–H and O–H groups in total. The maximum Gasteiger partial charge on any atom is 0.251 e. The van der Waals surface area contributed by atoms with Crippen LogP contribution in [0, 0.1) is 0 Å². The molecule has 0 spiro atoms. The summed E-state index contributed by atoms with van der Waals surface area (Å²) < 4.78 is 48.1. The highest BCUT2D eigenvalue weighted by Gasteiger charge is 2.18. The molecule has 0 aliphatic carbocycles. The third-order valence-electron chi connectivity index (χ3n) is 1.53.